The lowest BCUT2D eigenvalue weighted by Gasteiger charge is -2.04. The molecule has 0 aliphatic rings. The van der Waals surface area contributed by atoms with Crippen LogP contribution in [0.3, 0.4) is 0 Å². The molecule has 6 nitrogen and oxygen atoms in total. The zero-order chi connectivity index (χ0) is 19.7. The number of aromatic nitrogens is 3. The minimum atomic E-state index is -0.420. The van der Waals surface area contributed by atoms with E-state index < -0.39 is 5.82 Å². The Hall–Kier alpha value is -3.10. The van der Waals surface area contributed by atoms with Crippen molar-refractivity contribution in [2.45, 2.75) is 6.54 Å². The van der Waals surface area contributed by atoms with Crippen LogP contribution < -0.4 is 10.9 Å². The highest BCUT2D eigenvalue weighted by molar-refractivity contribution is 7.19. The fourth-order valence-corrected chi connectivity index (χ4v) is 3.81. The molecule has 4 rings (SSSR count). The highest BCUT2D eigenvalue weighted by atomic mass is 35.5. The fraction of sp³-hybridized carbons (Fsp3) is 0.0526. The van der Waals surface area contributed by atoms with Crippen LogP contribution in [0.15, 0.2) is 59.4 Å². The molecule has 0 radical (unpaired) electrons. The topological polar surface area (TPSA) is 76.4 Å². The molecule has 2 aromatic carbocycles. The van der Waals surface area contributed by atoms with Crippen LogP contribution in [0.2, 0.25) is 5.02 Å². The molecule has 0 spiro atoms. The van der Waals surface area contributed by atoms with Crippen LogP contribution in [0.4, 0.5) is 4.39 Å². The van der Waals surface area contributed by atoms with E-state index >= 15 is 0 Å². The Kier molecular flexibility index (Phi) is 4.89. The predicted molar refractivity (Wildman–Crippen MR) is 105 cm³/mol. The summed E-state index contributed by atoms with van der Waals surface area (Å²) in [6.07, 6.45) is 0. The average Bonchev–Trinajstić information content (AvgIpc) is 3.11. The molecule has 0 saturated heterocycles. The van der Waals surface area contributed by atoms with Gasteiger partial charge in [-0.2, -0.15) is 9.61 Å². The van der Waals surface area contributed by atoms with Gasteiger partial charge in [0.25, 0.3) is 11.5 Å². The normalized spacial score (nSPS) is 10.9. The Labute approximate surface area is 167 Å². The molecule has 0 atom stereocenters. The molecule has 0 bridgehead atoms. The number of carbonyl (C=O) groups excluding carboxylic acids is 1. The summed E-state index contributed by atoms with van der Waals surface area (Å²) in [7, 11) is 0. The van der Waals surface area contributed by atoms with Crippen LogP contribution in [0.1, 0.15) is 16.1 Å². The van der Waals surface area contributed by atoms with Gasteiger partial charge in [0.15, 0.2) is 0 Å². The summed E-state index contributed by atoms with van der Waals surface area (Å²) in [5, 5.41) is 8.05. The molecule has 0 aliphatic heterocycles. The number of amides is 1. The predicted octanol–water partition coefficient (Wildman–Crippen LogP) is 3.54. The van der Waals surface area contributed by atoms with Crippen molar-refractivity contribution in [1.29, 1.82) is 0 Å². The summed E-state index contributed by atoms with van der Waals surface area (Å²) in [6.45, 7) is 0.0568. The molecule has 2 aromatic heterocycles. The Balaban J connectivity index is 1.59. The third kappa shape index (κ3) is 3.64. The molecular weight excluding hydrogens is 403 g/mol. The summed E-state index contributed by atoms with van der Waals surface area (Å²) in [5.41, 5.74) is 1.07. The Morgan fingerprint density at radius 3 is 2.68 bits per heavy atom. The number of hydrogen-bond acceptors (Lipinski definition) is 5. The first-order chi connectivity index (χ1) is 13.5. The van der Waals surface area contributed by atoms with E-state index in [9.17, 15) is 14.0 Å². The quantitative estimate of drug-likeness (QED) is 0.554. The number of benzene rings is 2. The third-order valence-corrected chi connectivity index (χ3v) is 5.21. The fourth-order valence-electron chi connectivity index (χ4n) is 2.56. The van der Waals surface area contributed by atoms with Crippen LogP contribution in [-0.2, 0) is 6.54 Å². The molecule has 0 saturated carbocycles. The monoisotopic (exact) mass is 414 g/mol. The highest BCUT2D eigenvalue weighted by Gasteiger charge is 2.13. The molecule has 1 N–H and O–H groups in total. The van der Waals surface area contributed by atoms with Crippen LogP contribution in [0, 0.1) is 5.82 Å². The molecule has 0 fully saturated rings. The summed E-state index contributed by atoms with van der Waals surface area (Å²) in [5.74, 6) is -0.806. The van der Waals surface area contributed by atoms with Crippen LogP contribution >= 0.6 is 22.9 Å². The zero-order valence-corrected chi connectivity index (χ0v) is 15.8. The van der Waals surface area contributed by atoms with Gasteiger partial charge < -0.3 is 5.32 Å². The van der Waals surface area contributed by atoms with Gasteiger partial charge in [-0.1, -0.05) is 41.1 Å². The van der Waals surface area contributed by atoms with Crippen LogP contribution in [0.25, 0.3) is 15.5 Å². The Morgan fingerprint density at radius 2 is 1.93 bits per heavy atom. The molecule has 4 aromatic rings. The SMILES string of the molecule is O=C(NCc1cc(=O)n2nc(-c3ccccc3Cl)sc2n1)c1ccc(F)cc1. The van der Waals surface area contributed by atoms with Gasteiger partial charge in [0.2, 0.25) is 4.96 Å². The van der Waals surface area contributed by atoms with Crippen molar-refractivity contribution >= 4 is 33.8 Å². The molecule has 0 aliphatic carbocycles. The number of nitrogens with zero attached hydrogens (tertiary/aromatic N) is 3. The number of hydrogen-bond donors (Lipinski definition) is 1. The van der Waals surface area contributed by atoms with Gasteiger partial charge in [-0.25, -0.2) is 9.37 Å². The highest BCUT2D eigenvalue weighted by Crippen LogP contribution is 2.30. The molecular formula is C19H12ClFN4O2S. The number of halogens is 2. The molecule has 9 heteroatoms. The van der Waals surface area contributed by atoms with Crippen molar-refractivity contribution in [1.82, 2.24) is 19.9 Å². The molecule has 0 unspecified atom stereocenters. The van der Waals surface area contributed by atoms with Gasteiger partial charge in [0.05, 0.1) is 17.3 Å². The number of nitrogens with one attached hydrogen (secondary N) is 1. The van der Waals surface area contributed by atoms with Crippen molar-refractivity contribution in [3.63, 3.8) is 0 Å². The minimum absolute atomic E-state index is 0.0568. The summed E-state index contributed by atoms with van der Waals surface area (Å²) in [4.78, 5) is 29.3. The third-order valence-electron chi connectivity index (χ3n) is 3.94. The van der Waals surface area contributed by atoms with Gasteiger partial charge in [-0.15, -0.1) is 0 Å². The second-order valence-corrected chi connectivity index (χ2v) is 7.22. The smallest absolute Gasteiger partial charge is 0.275 e. The summed E-state index contributed by atoms with van der Waals surface area (Å²) < 4.78 is 14.2. The first-order valence-corrected chi connectivity index (χ1v) is 9.39. The van der Waals surface area contributed by atoms with Crippen molar-refractivity contribution in [2.24, 2.45) is 0 Å². The average molecular weight is 415 g/mol. The van der Waals surface area contributed by atoms with E-state index in [-0.39, 0.29) is 18.0 Å². The number of rotatable bonds is 4. The standard InChI is InChI=1S/C19H12ClFN4O2S/c20-15-4-2-1-3-14(15)18-24-25-16(26)9-13(23-19(25)28-18)10-22-17(27)11-5-7-12(21)8-6-11/h1-9H,10H2,(H,22,27). The van der Waals surface area contributed by atoms with E-state index in [1.54, 1.807) is 6.07 Å². The molecule has 2 heterocycles. The van der Waals surface area contributed by atoms with Crippen molar-refractivity contribution in [2.75, 3.05) is 0 Å². The first kappa shape index (κ1) is 18.3. The molecule has 1 amide bonds. The van der Waals surface area contributed by atoms with Gasteiger partial charge in [0, 0.05) is 17.2 Å². The Morgan fingerprint density at radius 1 is 1.18 bits per heavy atom. The van der Waals surface area contributed by atoms with E-state index in [0.29, 0.717) is 31.8 Å². The molecule has 140 valence electrons. The van der Waals surface area contributed by atoms with E-state index in [0.717, 1.165) is 0 Å². The minimum Gasteiger partial charge on any atom is -0.346 e. The van der Waals surface area contributed by atoms with Gasteiger partial charge in [-0.05, 0) is 30.3 Å². The maximum Gasteiger partial charge on any atom is 0.275 e. The van der Waals surface area contributed by atoms with Crippen molar-refractivity contribution < 1.29 is 9.18 Å². The van der Waals surface area contributed by atoms with Crippen molar-refractivity contribution in [3.8, 4) is 10.6 Å². The lowest BCUT2D eigenvalue weighted by Crippen LogP contribution is -2.25. The Bertz CT molecular complexity index is 1240. The van der Waals surface area contributed by atoms with Crippen LogP contribution in [-0.4, -0.2) is 20.5 Å². The number of fused-ring (bicyclic) bond motifs is 1. The second kappa shape index (κ2) is 7.49. The number of carbonyl (C=O) groups is 1. The van der Waals surface area contributed by atoms with E-state index in [1.165, 1.54) is 46.2 Å². The maximum absolute atomic E-state index is 13.0. The second-order valence-electron chi connectivity index (χ2n) is 5.86. The van der Waals surface area contributed by atoms with E-state index in [4.69, 9.17) is 11.6 Å². The zero-order valence-electron chi connectivity index (χ0n) is 14.2. The van der Waals surface area contributed by atoms with E-state index in [1.807, 2.05) is 18.2 Å². The first-order valence-electron chi connectivity index (χ1n) is 8.20. The van der Waals surface area contributed by atoms with Crippen molar-refractivity contribution in [3.05, 3.63) is 87.0 Å². The van der Waals surface area contributed by atoms with Crippen LogP contribution in [0.5, 0.6) is 0 Å². The van der Waals surface area contributed by atoms with Gasteiger partial charge in [-0.3, -0.25) is 9.59 Å². The summed E-state index contributed by atoms with van der Waals surface area (Å²) in [6, 6.07) is 13.7. The van der Waals surface area contributed by atoms with Gasteiger partial charge >= 0.3 is 0 Å². The lowest BCUT2D eigenvalue weighted by molar-refractivity contribution is 0.0950. The largest absolute Gasteiger partial charge is 0.346 e. The van der Waals surface area contributed by atoms with E-state index in [2.05, 4.69) is 15.4 Å². The van der Waals surface area contributed by atoms with Gasteiger partial charge in [0.1, 0.15) is 10.8 Å². The maximum atomic E-state index is 13.0. The lowest BCUT2D eigenvalue weighted by atomic mass is 10.2. The molecule has 28 heavy (non-hydrogen) atoms. The summed E-state index contributed by atoms with van der Waals surface area (Å²) >= 11 is 7.42.